The SMILES string of the molecule is C=C(CO)C(=O)OC1C2C(=C)C(=O)OC2CC(=C)C2CC(O)C(=C)C21. The summed E-state index contributed by atoms with van der Waals surface area (Å²) in [6.07, 6.45) is -1.16. The summed E-state index contributed by atoms with van der Waals surface area (Å²) in [5, 5.41) is 19.4. The van der Waals surface area contributed by atoms with E-state index in [4.69, 9.17) is 14.6 Å². The van der Waals surface area contributed by atoms with E-state index < -0.39 is 42.8 Å². The maximum absolute atomic E-state index is 12.2. The molecule has 1 saturated heterocycles. The fraction of sp³-hybridized carbons (Fsp3) is 0.474. The van der Waals surface area contributed by atoms with Crippen LogP contribution < -0.4 is 0 Å². The summed E-state index contributed by atoms with van der Waals surface area (Å²) in [6.45, 7) is 14.8. The fourth-order valence-corrected chi connectivity index (χ4v) is 4.16. The lowest BCUT2D eigenvalue weighted by Crippen LogP contribution is -2.39. The smallest absolute Gasteiger partial charge is 0.336 e. The minimum Gasteiger partial charge on any atom is -0.458 e. The van der Waals surface area contributed by atoms with Gasteiger partial charge < -0.3 is 19.7 Å². The first kappa shape index (κ1) is 17.6. The van der Waals surface area contributed by atoms with Crippen molar-refractivity contribution < 1.29 is 29.3 Å². The van der Waals surface area contributed by atoms with Gasteiger partial charge in [-0.1, -0.05) is 31.9 Å². The minimum atomic E-state index is -0.784. The lowest BCUT2D eigenvalue weighted by Gasteiger charge is -2.31. The van der Waals surface area contributed by atoms with Crippen LogP contribution in [0.15, 0.2) is 48.6 Å². The number of carbonyl (C=O) groups excluding carboxylic acids is 2. The van der Waals surface area contributed by atoms with E-state index in [9.17, 15) is 14.7 Å². The molecule has 0 bridgehead atoms. The number of ether oxygens (including phenoxy) is 2. The Balaban J connectivity index is 2.02. The molecule has 3 aliphatic rings. The normalized spacial score (nSPS) is 37.2. The number of aliphatic hydroxyl groups is 2. The van der Waals surface area contributed by atoms with E-state index >= 15 is 0 Å². The minimum absolute atomic E-state index is 0.0869. The van der Waals surface area contributed by atoms with Crippen LogP contribution in [0.1, 0.15) is 12.8 Å². The van der Waals surface area contributed by atoms with E-state index in [0.717, 1.165) is 5.57 Å². The molecule has 6 unspecified atom stereocenters. The summed E-state index contributed by atoms with van der Waals surface area (Å²) in [5.74, 6) is -2.33. The van der Waals surface area contributed by atoms with Crippen molar-refractivity contribution in [3.8, 4) is 0 Å². The zero-order valence-corrected chi connectivity index (χ0v) is 13.9. The lowest BCUT2D eigenvalue weighted by atomic mass is 9.80. The average Bonchev–Trinajstić information content (AvgIpc) is 2.98. The molecule has 6 atom stereocenters. The molecule has 1 aliphatic heterocycles. The van der Waals surface area contributed by atoms with Crippen LogP contribution in [-0.4, -0.2) is 47.1 Å². The highest BCUT2D eigenvalue weighted by Crippen LogP contribution is 2.52. The lowest BCUT2D eigenvalue weighted by molar-refractivity contribution is -0.151. The second kappa shape index (κ2) is 6.28. The standard InChI is InChI=1S/C19H22O6/c1-8-5-14-16(11(4)19(23)24-14)17(25-18(22)9(2)7-20)15-10(3)13(21)6-12(8)15/h12-17,20-21H,1-7H2. The van der Waals surface area contributed by atoms with E-state index in [1.54, 1.807) is 0 Å². The van der Waals surface area contributed by atoms with Crippen LogP contribution in [0.4, 0.5) is 0 Å². The Labute approximate surface area is 146 Å². The van der Waals surface area contributed by atoms with Gasteiger partial charge in [0.25, 0.3) is 0 Å². The van der Waals surface area contributed by atoms with Crippen LogP contribution in [0, 0.1) is 17.8 Å². The third kappa shape index (κ3) is 2.75. The van der Waals surface area contributed by atoms with Crippen LogP contribution in [0.25, 0.3) is 0 Å². The first-order valence-corrected chi connectivity index (χ1v) is 8.20. The van der Waals surface area contributed by atoms with Gasteiger partial charge in [0.1, 0.15) is 12.2 Å². The van der Waals surface area contributed by atoms with Gasteiger partial charge in [0.2, 0.25) is 0 Å². The summed E-state index contributed by atoms with van der Waals surface area (Å²) in [7, 11) is 0. The van der Waals surface area contributed by atoms with Gasteiger partial charge in [-0.15, -0.1) is 0 Å². The van der Waals surface area contributed by atoms with Crippen molar-refractivity contribution in [3.05, 3.63) is 48.6 Å². The molecule has 2 N–H and O–H groups in total. The van der Waals surface area contributed by atoms with Crippen LogP contribution in [0.2, 0.25) is 0 Å². The van der Waals surface area contributed by atoms with Crippen LogP contribution in [0.5, 0.6) is 0 Å². The summed E-state index contributed by atoms with van der Waals surface area (Å²) < 4.78 is 11.0. The second-order valence-corrected chi connectivity index (χ2v) is 6.95. The number of fused-ring (bicyclic) bond motifs is 2. The van der Waals surface area contributed by atoms with Gasteiger partial charge >= 0.3 is 11.9 Å². The molecule has 2 aliphatic carbocycles. The molecular formula is C19H22O6. The van der Waals surface area contributed by atoms with E-state index in [0.29, 0.717) is 18.4 Å². The van der Waals surface area contributed by atoms with E-state index in [2.05, 4.69) is 26.3 Å². The Morgan fingerprint density at radius 3 is 2.60 bits per heavy atom. The molecule has 134 valence electrons. The molecule has 3 fully saturated rings. The molecule has 0 spiro atoms. The van der Waals surface area contributed by atoms with Crippen molar-refractivity contribution in [1.82, 2.24) is 0 Å². The Hall–Kier alpha value is -2.18. The summed E-state index contributed by atoms with van der Waals surface area (Å²) in [6, 6.07) is 0. The highest BCUT2D eigenvalue weighted by Gasteiger charge is 2.56. The molecule has 0 amide bonds. The molecule has 1 heterocycles. The van der Waals surface area contributed by atoms with Gasteiger partial charge in [-0.25, -0.2) is 9.59 Å². The van der Waals surface area contributed by atoms with Crippen molar-refractivity contribution in [2.75, 3.05) is 6.61 Å². The first-order valence-electron chi connectivity index (χ1n) is 8.20. The summed E-state index contributed by atoms with van der Waals surface area (Å²) in [5.41, 5.74) is 1.53. The van der Waals surface area contributed by atoms with Crippen LogP contribution in [0.3, 0.4) is 0 Å². The number of rotatable bonds is 3. The monoisotopic (exact) mass is 346 g/mol. The van der Waals surface area contributed by atoms with E-state index in [1.807, 2.05) is 0 Å². The summed E-state index contributed by atoms with van der Waals surface area (Å²) in [4.78, 5) is 24.2. The Morgan fingerprint density at radius 1 is 1.28 bits per heavy atom. The third-order valence-corrected chi connectivity index (χ3v) is 5.51. The molecule has 0 aromatic rings. The molecule has 25 heavy (non-hydrogen) atoms. The van der Waals surface area contributed by atoms with Crippen molar-refractivity contribution >= 4 is 11.9 Å². The quantitative estimate of drug-likeness (QED) is 0.451. The van der Waals surface area contributed by atoms with Crippen molar-refractivity contribution in [1.29, 1.82) is 0 Å². The first-order chi connectivity index (χ1) is 11.8. The zero-order chi connectivity index (χ0) is 18.5. The largest absolute Gasteiger partial charge is 0.458 e. The number of carbonyl (C=O) groups is 2. The molecule has 0 radical (unpaired) electrons. The predicted molar refractivity (Wildman–Crippen MR) is 89.1 cm³/mol. The van der Waals surface area contributed by atoms with Gasteiger partial charge in [-0.05, 0) is 17.9 Å². The topological polar surface area (TPSA) is 93.1 Å². The van der Waals surface area contributed by atoms with Gasteiger partial charge in [0.15, 0.2) is 0 Å². The second-order valence-electron chi connectivity index (χ2n) is 6.95. The highest BCUT2D eigenvalue weighted by atomic mass is 16.6. The number of esters is 2. The molecule has 0 aromatic heterocycles. The molecule has 0 aromatic carbocycles. The van der Waals surface area contributed by atoms with Gasteiger partial charge in [0.05, 0.1) is 24.2 Å². The predicted octanol–water partition coefficient (Wildman–Crippen LogP) is 1.06. The van der Waals surface area contributed by atoms with E-state index in [-0.39, 0.29) is 23.0 Å². The molecule has 6 heteroatoms. The fourth-order valence-electron chi connectivity index (χ4n) is 4.16. The Kier molecular flexibility index (Phi) is 4.43. The molecule has 2 saturated carbocycles. The zero-order valence-electron chi connectivity index (χ0n) is 13.9. The maximum Gasteiger partial charge on any atom is 0.336 e. The average molecular weight is 346 g/mol. The molecule has 3 rings (SSSR count). The maximum atomic E-state index is 12.2. The number of hydrogen-bond donors (Lipinski definition) is 2. The van der Waals surface area contributed by atoms with E-state index in [1.165, 1.54) is 0 Å². The van der Waals surface area contributed by atoms with Gasteiger partial charge in [0, 0.05) is 17.9 Å². The van der Waals surface area contributed by atoms with Crippen molar-refractivity contribution in [3.63, 3.8) is 0 Å². The van der Waals surface area contributed by atoms with Crippen molar-refractivity contribution in [2.45, 2.75) is 31.2 Å². The number of aliphatic hydroxyl groups excluding tert-OH is 2. The van der Waals surface area contributed by atoms with Crippen LogP contribution >= 0.6 is 0 Å². The highest BCUT2D eigenvalue weighted by molar-refractivity contribution is 5.92. The molecular weight excluding hydrogens is 324 g/mol. The third-order valence-electron chi connectivity index (χ3n) is 5.51. The van der Waals surface area contributed by atoms with Gasteiger partial charge in [-0.3, -0.25) is 0 Å². The van der Waals surface area contributed by atoms with Crippen LogP contribution in [-0.2, 0) is 19.1 Å². The Morgan fingerprint density at radius 2 is 1.96 bits per heavy atom. The van der Waals surface area contributed by atoms with Crippen molar-refractivity contribution in [2.24, 2.45) is 17.8 Å². The number of hydrogen-bond acceptors (Lipinski definition) is 6. The molecule has 6 nitrogen and oxygen atoms in total. The summed E-state index contributed by atoms with van der Waals surface area (Å²) >= 11 is 0. The van der Waals surface area contributed by atoms with Gasteiger partial charge in [-0.2, -0.15) is 0 Å². The Bertz CT molecular complexity index is 690.